The zero-order chi connectivity index (χ0) is 12.0. The molecule has 0 spiro atoms. The molecule has 0 unspecified atom stereocenters. The molecule has 1 heterocycles. The molecular formula is C13H29N3. The minimum absolute atomic E-state index is 0.692. The number of hydrogen-bond donors (Lipinski definition) is 0. The van der Waals surface area contributed by atoms with Crippen molar-refractivity contribution in [2.75, 3.05) is 52.9 Å². The summed E-state index contributed by atoms with van der Waals surface area (Å²) >= 11 is 0. The summed E-state index contributed by atoms with van der Waals surface area (Å²) in [6.45, 7) is 15.5. The van der Waals surface area contributed by atoms with E-state index in [1.807, 2.05) is 0 Å². The predicted octanol–water partition coefficient (Wildman–Crippen LogP) is 1.35. The van der Waals surface area contributed by atoms with Crippen LogP contribution in [0, 0.1) is 0 Å². The van der Waals surface area contributed by atoms with Crippen LogP contribution in [0.1, 0.15) is 27.2 Å². The van der Waals surface area contributed by atoms with Crippen LogP contribution in [0.4, 0.5) is 0 Å². The van der Waals surface area contributed by atoms with Crippen molar-refractivity contribution in [3.8, 4) is 0 Å². The Balaban J connectivity index is 2.10. The first-order valence-corrected chi connectivity index (χ1v) is 6.78. The molecule has 1 aliphatic heterocycles. The smallest absolute Gasteiger partial charge is 0.0110 e. The van der Waals surface area contributed by atoms with Gasteiger partial charge in [-0.2, -0.15) is 0 Å². The molecule has 3 nitrogen and oxygen atoms in total. The Morgan fingerprint density at radius 3 is 2.25 bits per heavy atom. The van der Waals surface area contributed by atoms with Gasteiger partial charge in [-0.15, -0.1) is 0 Å². The van der Waals surface area contributed by atoms with Crippen LogP contribution in [-0.2, 0) is 0 Å². The van der Waals surface area contributed by atoms with Crippen molar-refractivity contribution in [2.45, 2.75) is 33.2 Å². The molecule has 0 radical (unpaired) electrons. The lowest BCUT2D eigenvalue weighted by Crippen LogP contribution is -2.45. The highest BCUT2D eigenvalue weighted by molar-refractivity contribution is 4.70. The second-order valence-corrected chi connectivity index (χ2v) is 5.22. The summed E-state index contributed by atoms with van der Waals surface area (Å²) in [5, 5.41) is 0. The van der Waals surface area contributed by atoms with Crippen LogP contribution < -0.4 is 0 Å². The number of nitrogens with zero attached hydrogens (tertiary/aromatic N) is 3. The molecule has 3 heteroatoms. The van der Waals surface area contributed by atoms with Crippen molar-refractivity contribution in [3.05, 3.63) is 0 Å². The van der Waals surface area contributed by atoms with Gasteiger partial charge in [-0.05, 0) is 47.0 Å². The highest BCUT2D eigenvalue weighted by atomic mass is 15.2. The van der Waals surface area contributed by atoms with Crippen molar-refractivity contribution >= 4 is 0 Å². The molecule has 1 aliphatic rings. The van der Waals surface area contributed by atoms with Crippen LogP contribution in [-0.4, -0.2) is 73.6 Å². The van der Waals surface area contributed by atoms with E-state index in [0.29, 0.717) is 6.04 Å². The number of likely N-dealkylation sites (N-methyl/N-ethyl adjacent to an activating group) is 1. The third kappa shape index (κ3) is 4.81. The molecule has 0 bridgehead atoms. The largest absolute Gasteiger partial charge is 0.304 e. The van der Waals surface area contributed by atoms with E-state index in [-0.39, 0.29) is 0 Å². The average molecular weight is 227 g/mol. The van der Waals surface area contributed by atoms with Crippen LogP contribution >= 0.6 is 0 Å². The van der Waals surface area contributed by atoms with E-state index < -0.39 is 0 Å². The Morgan fingerprint density at radius 1 is 1.12 bits per heavy atom. The van der Waals surface area contributed by atoms with Crippen LogP contribution in [0.25, 0.3) is 0 Å². The first kappa shape index (κ1) is 13.9. The molecular weight excluding hydrogens is 198 g/mol. The second kappa shape index (κ2) is 7.25. The number of hydrogen-bond acceptors (Lipinski definition) is 3. The summed E-state index contributed by atoms with van der Waals surface area (Å²) < 4.78 is 0. The van der Waals surface area contributed by atoms with Gasteiger partial charge in [-0.1, -0.05) is 6.92 Å². The molecule has 0 atom stereocenters. The molecule has 0 saturated carbocycles. The molecule has 16 heavy (non-hydrogen) atoms. The third-order valence-corrected chi connectivity index (χ3v) is 3.65. The van der Waals surface area contributed by atoms with Gasteiger partial charge in [-0.3, -0.25) is 0 Å². The van der Waals surface area contributed by atoms with E-state index >= 15 is 0 Å². The van der Waals surface area contributed by atoms with Gasteiger partial charge in [0.1, 0.15) is 0 Å². The summed E-state index contributed by atoms with van der Waals surface area (Å²) in [5.41, 5.74) is 0. The van der Waals surface area contributed by atoms with Crippen molar-refractivity contribution in [1.29, 1.82) is 0 Å². The lowest BCUT2D eigenvalue weighted by molar-refractivity contribution is 0.142. The van der Waals surface area contributed by atoms with Gasteiger partial charge < -0.3 is 14.7 Å². The maximum absolute atomic E-state index is 2.61. The van der Waals surface area contributed by atoms with Crippen LogP contribution in [0.2, 0.25) is 0 Å². The van der Waals surface area contributed by atoms with E-state index in [2.05, 4.69) is 42.5 Å². The maximum Gasteiger partial charge on any atom is 0.0110 e. The van der Waals surface area contributed by atoms with Crippen molar-refractivity contribution in [2.24, 2.45) is 0 Å². The Morgan fingerprint density at radius 2 is 1.75 bits per heavy atom. The summed E-state index contributed by atoms with van der Waals surface area (Å²) in [5.74, 6) is 0. The van der Waals surface area contributed by atoms with Gasteiger partial charge in [0.25, 0.3) is 0 Å². The Hall–Kier alpha value is -0.120. The van der Waals surface area contributed by atoms with E-state index in [1.54, 1.807) is 0 Å². The quantitative estimate of drug-likeness (QED) is 0.678. The zero-order valence-electron chi connectivity index (χ0n) is 11.6. The number of piperazine rings is 1. The average Bonchev–Trinajstić information content (AvgIpc) is 2.26. The lowest BCUT2D eigenvalue weighted by Gasteiger charge is -2.33. The molecule has 1 rings (SSSR count). The maximum atomic E-state index is 2.61. The fourth-order valence-electron chi connectivity index (χ4n) is 2.35. The Kier molecular flexibility index (Phi) is 6.32. The van der Waals surface area contributed by atoms with Gasteiger partial charge in [0.05, 0.1) is 0 Å². The molecule has 1 saturated heterocycles. The third-order valence-electron chi connectivity index (χ3n) is 3.65. The topological polar surface area (TPSA) is 9.72 Å². The summed E-state index contributed by atoms with van der Waals surface area (Å²) in [6, 6.07) is 0.692. The second-order valence-electron chi connectivity index (χ2n) is 5.22. The number of rotatable bonds is 6. The Labute approximate surface area is 101 Å². The molecule has 1 fully saturated rings. The van der Waals surface area contributed by atoms with Gasteiger partial charge >= 0.3 is 0 Å². The van der Waals surface area contributed by atoms with Gasteiger partial charge in [0.2, 0.25) is 0 Å². The van der Waals surface area contributed by atoms with Gasteiger partial charge in [0, 0.05) is 32.2 Å². The highest BCUT2D eigenvalue weighted by Gasteiger charge is 2.13. The summed E-state index contributed by atoms with van der Waals surface area (Å²) in [4.78, 5) is 7.58. The molecule has 0 amide bonds. The van der Waals surface area contributed by atoms with Gasteiger partial charge in [0.15, 0.2) is 0 Å². The van der Waals surface area contributed by atoms with E-state index in [0.717, 1.165) is 0 Å². The monoisotopic (exact) mass is 227 g/mol. The lowest BCUT2D eigenvalue weighted by atomic mass is 10.2. The van der Waals surface area contributed by atoms with Crippen molar-refractivity contribution in [3.63, 3.8) is 0 Å². The molecule has 0 N–H and O–H groups in total. The van der Waals surface area contributed by atoms with Crippen LogP contribution in [0.15, 0.2) is 0 Å². The van der Waals surface area contributed by atoms with Crippen LogP contribution in [0.3, 0.4) is 0 Å². The first-order valence-electron chi connectivity index (χ1n) is 6.78. The normalized spacial score (nSPS) is 19.9. The molecule has 0 aromatic rings. The molecule has 96 valence electrons. The van der Waals surface area contributed by atoms with E-state index in [4.69, 9.17) is 0 Å². The fourth-order valence-corrected chi connectivity index (χ4v) is 2.35. The minimum Gasteiger partial charge on any atom is -0.304 e. The molecule has 0 aliphatic carbocycles. The zero-order valence-corrected chi connectivity index (χ0v) is 11.6. The SMILES string of the molecule is CCN(CCCN1CCN(C)CC1)C(C)C. The minimum atomic E-state index is 0.692. The van der Waals surface area contributed by atoms with Crippen LogP contribution in [0.5, 0.6) is 0 Å². The van der Waals surface area contributed by atoms with Crippen molar-refractivity contribution < 1.29 is 0 Å². The van der Waals surface area contributed by atoms with E-state index in [1.165, 1.54) is 52.2 Å². The molecule has 0 aromatic heterocycles. The highest BCUT2D eigenvalue weighted by Crippen LogP contribution is 2.03. The predicted molar refractivity (Wildman–Crippen MR) is 70.9 cm³/mol. The Bertz CT molecular complexity index is 174. The van der Waals surface area contributed by atoms with E-state index in [9.17, 15) is 0 Å². The standard InChI is InChI=1S/C13H29N3/c1-5-16(13(2)3)8-6-7-15-11-9-14(4)10-12-15/h13H,5-12H2,1-4H3. The summed E-state index contributed by atoms with van der Waals surface area (Å²) in [6.07, 6.45) is 1.32. The molecule has 0 aromatic carbocycles. The fraction of sp³-hybridized carbons (Fsp3) is 1.00. The summed E-state index contributed by atoms with van der Waals surface area (Å²) in [7, 11) is 2.22. The van der Waals surface area contributed by atoms with Crippen molar-refractivity contribution in [1.82, 2.24) is 14.7 Å². The first-order chi connectivity index (χ1) is 7.63. The van der Waals surface area contributed by atoms with Gasteiger partial charge in [-0.25, -0.2) is 0 Å².